The van der Waals surface area contributed by atoms with E-state index in [4.69, 9.17) is 4.52 Å². The molecule has 5 nitrogen and oxygen atoms in total. The van der Waals surface area contributed by atoms with Crippen molar-refractivity contribution >= 4 is 13.8 Å². The molecule has 0 N–H and O–H groups in total. The van der Waals surface area contributed by atoms with Gasteiger partial charge >= 0.3 is 13.8 Å². The molecule has 0 aliphatic carbocycles. The Morgan fingerprint density at radius 3 is 2.15 bits per heavy atom. The zero-order valence-electron chi connectivity index (χ0n) is 12.6. The number of carbonyl (C=O) groups excluding carboxylic acids is 1. The third-order valence-electron chi connectivity index (χ3n) is 2.84. The molecule has 0 aliphatic heterocycles. The average Bonchev–Trinajstić information content (AvgIpc) is 2.45. The summed E-state index contributed by atoms with van der Waals surface area (Å²) >= 11 is 0. The number of phosphoric ester groups is 1. The van der Waals surface area contributed by atoms with Gasteiger partial charge in [-0.05, 0) is 6.42 Å². The van der Waals surface area contributed by atoms with E-state index in [-0.39, 0.29) is 6.61 Å². The van der Waals surface area contributed by atoms with Crippen molar-refractivity contribution in [3.05, 3.63) is 12.7 Å². The van der Waals surface area contributed by atoms with Crippen molar-refractivity contribution < 1.29 is 22.9 Å². The summed E-state index contributed by atoms with van der Waals surface area (Å²) in [4.78, 5) is 11.0. The van der Waals surface area contributed by atoms with Crippen LogP contribution in [-0.4, -0.2) is 19.7 Å². The predicted octanol–water partition coefficient (Wildman–Crippen LogP) is 4.63. The molecule has 0 aliphatic rings. The van der Waals surface area contributed by atoms with Crippen molar-refractivity contribution in [2.75, 3.05) is 13.7 Å². The van der Waals surface area contributed by atoms with E-state index >= 15 is 0 Å². The molecule has 0 bridgehead atoms. The Labute approximate surface area is 122 Å². The molecule has 0 aromatic rings. The molecule has 0 rings (SSSR count). The van der Waals surface area contributed by atoms with Crippen LogP contribution in [0, 0.1) is 0 Å². The van der Waals surface area contributed by atoms with Gasteiger partial charge in [0.1, 0.15) is 0 Å². The van der Waals surface area contributed by atoms with E-state index in [1.807, 2.05) is 0 Å². The second kappa shape index (κ2) is 12.1. The van der Waals surface area contributed by atoms with Gasteiger partial charge in [0, 0.05) is 13.2 Å². The van der Waals surface area contributed by atoms with E-state index in [9.17, 15) is 9.36 Å². The Kier molecular flexibility index (Phi) is 11.7. The van der Waals surface area contributed by atoms with Gasteiger partial charge in [-0.1, -0.05) is 58.4 Å². The second-order valence-electron chi connectivity index (χ2n) is 4.55. The van der Waals surface area contributed by atoms with Crippen molar-refractivity contribution in [3.8, 4) is 0 Å². The van der Waals surface area contributed by atoms with Crippen LogP contribution in [0.15, 0.2) is 12.7 Å². The molecule has 0 heterocycles. The summed E-state index contributed by atoms with van der Waals surface area (Å²) < 4.78 is 26.0. The highest BCUT2D eigenvalue weighted by Gasteiger charge is 2.28. The molecule has 118 valence electrons. The number of carbonyl (C=O) groups is 1. The molecule has 0 amide bonds. The van der Waals surface area contributed by atoms with Crippen LogP contribution in [0.25, 0.3) is 0 Å². The summed E-state index contributed by atoms with van der Waals surface area (Å²) in [7, 11) is -2.58. The van der Waals surface area contributed by atoms with Crippen molar-refractivity contribution in [2.45, 2.75) is 58.3 Å². The lowest BCUT2D eigenvalue weighted by Gasteiger charge is -2.14. The van der Waals surface area contributed by atoms with E-state index in [1.54, 1.807) is 0 Å². The van der Waals surface area contributed by atoms with Gasteiger partial charge < -0.3 is 4.52 Å². The molecule has 0 radical (unpaired) electrons. The van der Waals surface area contributed by atoms with Gasteiger partial charge in [-0.2, -0.15) is 0 Å². The minimum absolute atomic E-state index is 0.254. The highest BCUT2D eigenvalue weighted by atomic mass is 31.2. The molecule has 1 atom stereocenters. The van der Waals surface area contributed by atoms with Crippen LogP contribution in [0.2, 0.25) is 0 Å². The van der Waals surface area contributed by atoms with Crippen molar-refractivity contribution in [1.82, 2.24) is 0 Å². The van der Waals surface area contributed by atoms with Crippen LogP contribution < -0.4 is 0 Å². The van der Waals surface area contributed by atoms with Crippen LogP contribution in [-0.2, 0) is 22.9 Å². The highest BCUT2D eigenvalue weighted by Crippen LogP contribution is 2.48. The summed E-state index contributed by atoms with van der Waals surface area (Å²) in [6.07, 6.45) is 10.2. The number of phosphoric acid groups is 1. The number of rotatable bonds is 13. The molecule has 0 saturated heterocycles. The summed E-state index contributed by atoms with van der Waals surface area (Å²) in [5.41, 5.74) is 0. The van der Waals surface area contributed by atoms with Crippen LogP contribution in [0.5, 0.6) is 0 Å². The zero-order chi connectivity index (χ0) is 15.3. The van der Waals surface area contributed by atoms with E-state index in [1.165, 1.54) is 39.2 Å². The van der Waals surface area contributed by atoms with Gasteiger partial charge in [0.15, 0.2) is 0 Å². The van der Waals surface area contributed by atoms with Crippen LogP contribution >= 0.6 is 7.82 Å². The number of hydrogen-bond acceptors (Lipinski definition) is 5. The Morgan fingerprint density at radius 1 is 1.10 bits per heavy atom. The van der Waals surface area contributed by atoms with Gasteiger partial charge in [0.25, 0.3) is 0 Å². The first kappa shape index (κ1) is 19.4. The molecule has 20 heavy (non-hydrogen) atoms. The SMILES string of the molecule is C=CC(=O)OP(=O)(OC)OCCCCCCCCCC. The van der Waals surface area contributed by atoms with Crippen LogP contribution in [0.1, 0.15) is 58.3 Å². The van der Waals surface area contributed by atoms with E-state index in [0.29, 0.717) is 0 Å². The van der Waals surface area contributed by atoms with Gasteiger partial charge in [-0.3, -0.25) is 9.05 Å². The second-order valence-corrected chi connectivity index (χ2v) is 6.25. The summed E-state index contributed by atoms with van der Waals surface area (Å²) in [5, 5.41) is 0. The van der Waals surface area contributed by atoms with Gasteiger partial charge in [-0.15, -0.1) is 0 Å². The van der Waals surface area contributed by atoms with Crippen molar-refractivity contribution in [1.29, 1.82) is 0 Å². The van der Waals surface area contributed by atoms with Crippen LogP contribution in [0.4, 0.5) is 0 Å². The maximum atomic E-state index is 11.8. The Hall–Kier alpha value is -0.640. The monoisotopic (exact) mass is 306 g/mol. The standard InChI is InChI=1S/C14H27O5P/c1-4-6-7-8-9-10-11-12-13-18-20(16,17-3)19-14(15)5-2/h5H,2,4,6-13H2,1,3H3. The molecular formula is C14H27O5P. The molecule has 6 heteroatoms. The number of unbranched alkanes of at least 4 members (excludes halogenated alkanes) is 7. The maximum absolute atomic E-state index is 11.8. The molecule has 0 saturated carbocycles. The molecule has 0 fully saturated rings. The normalized spacial score (nSPS) is 13.7. The fourth-order valence-corrected chi connectivity index (χ4v) is 2.56. The quantitative estimate of drug-likeness (QED) is 0.282. The van der Waals surface area contributed by atoms with Gasteiger partial charge in [-0.25, -0.2) is 9.36 Å². The fraction of sp³-hybridized carbons (Fsp3) is 0.786. The Bertz CT molecular complexity index is 317. The Balaban J connectivity index is 3.63. The van der Waals surface area contributed by atoms with Crippen molar-refractivity contribution in [3.63, 3.8) is 0 Å². The van der Waals surface area contributed by atoms with E-state index < -0.39 is 13.8 Å². The molecule has 1 unspecified atom stereocenters. The Morgan fingerprint density at radius 2 is 1.65 bits per heavy atom. The number of hydrogen-bond donors (Lipinski definition) is 0. The first-order valence-corrected chi connectivity index (χ1v) is 8.70. The summed E-state index contributed by atoms with van der Waals surface area (Å²) in [6, 6.07) is 0. The highest BCUT2D eigenvalue weighted by molar-refractivity contribution is 7.49. The molecular weight excluding hydrogens is 279 g/mol. The molecule has 0 aromatic heterocycles. The van der Waals surface area contributed by atoms with E-state index in [0.717, 1.165) is 25.3 Å². The van der Waals surface area contributed by atoms with Gasteiger partial charge in [0.2, 0.25) is 0 Å². The first-order valence-electron chi connectivity index (χ1n) is 7.24. The largest absolute Gasteiger partial charge is 0.532 e. The molecule has 0 spiro atoms. The smallest absolute Gasteiger partial charge is 0.367 e. The molecule has 0 aromatic carbocycles. The average molecular weight is 306 g/mol. The lowest BCUT2D eigenvalue weighted by molar-refractivity contribution is -0.130. The predicted molar refractivity (Wildman–Crippen MR) is 79.5 cm³/mol. The lowest BCUT2D eigenvalue weighted by atomic mass is 10.1. The van der Waals surface area contributed by atoms with E-state index in [2.05, 4.69) is 22.6 Å². The summed E-state index contributed by atoms with van der Waals surface area (Å²) in [5.74, 6) is -0.814. The summed E-state index contributed by atoms with van der Waals surface area (Å²) in [6.45, 7) is 5.68. The minimum atomic E-state index is -3.76. The first-order chi connectivity index (χ1) is 9.58. The lowest BCUT2D eigenvalue weighted by Crippen LogP contribution is -2.04. The minimum Gasteiger partial charge on any atom is -0.367 e. The van der Waals surface area contributed by atoms with Gasteiger partial charge in [0.05, 0.1) is 6.61 Å². The third-order valence-corrected chi connectivity index (χ3v) is 4.19. The van der Waals surface area contributed by atoms with Crippen LogP contribution in [0.3, 0.4) is 0 Å². The topological polar surface area (TPSA) is 61.8 Å². The zero-order valence-corrected chi connectivity index (χ0v) is 13.5. The fourth-order valence-electron chi connectivity index (χ4n) is 1.68. The maximum Gasteiger partial charge on any atom is 0.532 e. The third kappa shape index (κ3) is 10.2. The van der Waals surface area contributed by atoms with Crippen molar-refractivity contribution in [2.24, 2.45) is 0 Å².